The minimum atomic E-state index is -3.75. The predicted molar refractivity (Wildman–Crippen MR) is 124 cm³/mol. The molecule has 2 aromatic carbocycles. The topological polar surface area (TPSA) is 96.0 Å². The van der Waals surface area contributed by atoms with Gasteiger partial charge >= 0.3 is 0 Å². The normalized spacial score (nSPS) is 19.3. The average molecular weight is 472 g/mol. The van der Waals surface area contributed by atoms with E-state index >= 15 is 0 Å². The van der Waals surface area contributed by atoms with Crippen molar-refractivity contribution in [2.75, 3.05) is 25.5 Å². The summed E-state index contributed by atoms with van der Waals surface area (Å²) in [6.45, 7) is 2.92. The monoisotopic (exact) mass is 471 g/mol. The Bertz CT molecular complexity index is 1130. The van der Waals surface area contributed by atoms with E-state index in [0.717, 1.165) is 5.56 Å². The van der Waals surface area contributed by atoms with Crippen LogP contribution in [0.5, 0.6) is 5.75 Å². The lowest BCUT2D eigenvalue weighted by Gasteiger charge is -2.33. The molecule has 2 aliphatic heterocycles. The highest BCUT2D eigenvalue weighted by Crippen LogP contribution is 2.34. The van der Waals surface area contributed by atoms with E-state index in [1.54, 1.807) is 18.0 Å². The number of amides is 2. The van der Waals surface area contributed by atoms with Crippen LogP contribution in [0.15, 0.2) is 53.4 Å². The summed E-state index contributed by atoms with van der Waals surface area (Å²) in [5.41, 5.74) is 1.42. The summed E-state index contributed by atoms with van der Waals surface area (Å²) >= 11 is 0. The Morgan fingerprint density at radius 1 is 1.15 bits per heavy atom. The van der Waals surface area contributed by atoms with Crippen LogP contribution in [0, 0.1) is 5.92 Å². The highest BCUT2D eigenvalue weighted by Gasteiger charge is 2.34. The number of ether oxygens (including phenoxy) is 1. The molecule has 1 saturated heterocycles. The highest BCUT2D eigenvalue weighted by atomic mass is 32.2. The number of hydrogen-bond acceptors (Lipinski definition) is 5. The first-order valence-corrected chi connectivity index (χ1v) is 12.6. The van der Waals surface area contributed by atoms with Crippen molar-refractivity contribution in [3.05, 3.63) is 54.1 Å². The van der Waals surface area contributed by atoms with E-state index in [-0.39, 0.29) is 35.7 Å². The second-order valence-electron chi connectivity index (χ2n) is 8.52. The summed E-state index contributed by atoms with van der Waals surface area (Å²) in [5, 5.41) is 2.73. The standard InChI is InChI=1S/C24H29N3O5S/c1-3-21-23(28)25-20-15-19(9-10-22(20)32-21)33(30,31)27-13-11-18(12-14-27)24(29)26(2)16-17-7-5-4-6-8-17/h4-10,15,18,21H,3,11-14,16H2,1-2H3,(H,25,28)/t21-/m0/s1. The van der Waals surface area contributed by atoms with Crippen LogP contribution in [0.2, 0.25) is 0 Å². The van der Waals surface area contributed by atoms with Gasteiger partial charge in [-0.05, 0) is 43.0 Å². The SMILES string of the molecule is CC[C@@H]1Oc2ccc(S(=O)(=O)N3CCC(C(=O)N(C)Cc4ccccc4)CC3)cc2NC1=O. The van der Waals surface area contributed by atoms with Gasteiger partial charge in [-0.25, -0.2) is 8.42 Å². The summed E-state index contributed by atoms with van der Waals surface area (Å²) in [6.07, 6.45) is 0.899. The number of anilines is 1. The lowest BCUT2D eigenvalue weighted by molar-refractivity contribution is -0.136. The van der Waals surface area contributed by atoms with Gasteiger partial charge in [0.2, 0.25) is 15.9 Å². The maximum absolute atomic E-state index is 13.2. The van der Waals surface area contributed by atoms with Crippen LogP contribution in [0.3, 0.4) is 0 Å². The van der Waals surface area contributed by atoms with Gasteiger partial charge in [-0.3, -0.25) is 9.59 Å². The van der Waals surface area contributed by atoms with Crippen LogP contribution >= 0.6 is 0 Å². The number of piperidine rings is 1. The first-order chi connectivity index (χ1) is 15.8. The van der Waals surface area contributed by atoms with Crippen molar-refractivity contribution in [3.63, 3.8) is 0 Å². The molecule has 176 valence electrons. The molecular weight excluding hydrogens is 442 g/mol. The van der Waals surface area contributed by atoms with Crippen molar-refractivity contribution < 1.29 is 22.7 Å². The fraction of sp³-hybridized carbons (Fsp3) is 0.417. The maximum Gasteiger partial charge on any atom is 0.265 e. The Labute approximate surface area is 194 Å². The quantitative estimate of drug-likeness (QED) is 0.699. The van der Waals surface area contributed by atoms with Crippen molar-refractivity contribution in [2.45, 2.75) is 43.7 Å². The molecule has 2 aliphatic rings. The number of nitrogens with zero attached hydrogens (tertiary/aromatic N) is 2. The third-order valence-electron chi connectivity index (χ3n) is 6.22. The minimum Gasteiger partial charge on any atom is -0.478 e. The Morgan fingerprint density at radius 3 is 2.52 bits per heavy atom. The molecule has 1 N–H and O–H groups in total. The summed E-state index contributed by atoms with van der Waals surface area (Å²) in [5.74, 6) is 0.0204. The number of carbonyl (C=O) groups is 2. The largest absolute Gasteiger partial charge is 0.478 e. The minimum absolute atomic E-state index is 0.0371. The van der Waals surface area contributed by atoms with E-state index in [4.69, 9.17) is 4.74 Å². The van der Waals surface area contributed by atoms with Gasteiger partial charge in [0.05, 0.1) is 10.6 Å². The van der Waals surface area contributed by atoms with Gasteiger partial charge in [-0.1, -0.05) is 37.3 Å². The Balaban J connectivity index is 1.39. The number of carbonyl (C=O) groups excluding carboxylic acids is 2. The van der Waals surface area contributed by atoms with Gasteiger partial charge in [0.15, 0.2) is 6.10 Å². The van der Waals surface area contributed by atoms with Gasteiger partial charge in [-0.15, -0.1) is 0 Å². The summed E-state index contributed by atoms with van der Waals surface area (Å²) in [4.78, 5) is 26.8. The molecule has 33 heavy (non-hydrogen) atoms. The molecule has 0 bridgehead atoms. The Hall–Kier alpha value is -2.91. The molecular formula is C24H29N3O5S. The zero-order valence-electron chi connectivity index (χ0n) is 18.9. The third kappa shape index (κ3) is 4.89. The van der Waals surface area contributed by atoms with E-state index in [2.05, 4.69) is 5.32 Å². The van der Waals surface area contributed by atoms with E-state index in [0.29, 0.717) is 37.2 Å². The van der Waals surface area contributed by atoms with Gasteiger partial charge < -0.3 is 15.0 Å². The molecule has 0 unspecified atom stereocenters. The lowest BCUT2D eigenvalue weighted by Crippen LogP contribution is -2.43. The first kappa shape index (κ1) is 23.3. The van der Waals surface area contributed by atoms with Gasteiger partial charge in [0.1, 0.15) is 5.75 Å². The number of benzene rings is 2. The number of fused-ring (bicyclic) bond motifs is 1. The third-order valence-corrected chi connectivity index (χ3v) is 8.12. The van der Waals surface area contributed by atoms with Crippen molar-refractivity contribution >= 4 is 27.5 Å². The molecule has 2 heterocycles. The molecule has 9 heteroatoms. The molecule has 0 aliphatic carbocycles. The van der Waals surface area contributed by atoms with E-state index < -0.39 is 16.1 Å². The number of nitrogens with one attached hydrogen (secondary N) is 1. The van der Waals surface area contributed by atoms with Crippen LogP contribution in [-0.2, 0) is 26.2 Å². The molecule has 1 fully saturated rings. The number of sulfonamides is 1. The fourth-order valence-corrected chi connectivity index (χ4v) is 5.79. The second-order valence-corrected chi connectivity index (χ2v) is 10.5. The molecule has 1 atom stereocenters. The molecule has 0 saturated carbocycles. The van der Waals surface area contributed by atoms with Crippen LogP contribution in [0.1, 0.15) is 31.7 Å². The van der Waals surface area contributed by atoms with Gasteiger partial charge in [-0.2, -0.15) is 4.31 Å². The molecule has 8 nitrogen and oxygen atoms in total. The van der Waals surface area contributed by atoms with Crippen molar-refractivity contribution in [2.24, 2.45) is 5.92 Å². The molecule has 0 aromatic heterocycles. The Morgan fingerprint density at radius 2 is 1.85 bits per heavy atom. The molecule has 0 spiro atoms. The highest BCUT2D eigenvalue weighted by molar-refractivity contribution is 7.89. The summed E-state index contributed by atoms with van der Waals surface area (Å²) in [6, 6.07) is 14.3. The van der Waals surface area contributed by atoms with Crippen LogP contribution in [0.4, 0.5) is 5.69 Å². The smallest absolute Gasteiger partial charge is 0.265 e. The number of rotatable bonds is 6. The van der Waals surface area contributed by atoms with E-state index in [1.165, 1.54) is 16.4 Å². The van der Waals surface area contributed by atoms with Crippen molar-refractivity contribution in [1.82, 2.24) is 9.21 Å². The lowest BCUT2D eigenvalue weighted by atomic mass is 9.96. The average Bonchev–Trinajstić information content (AvgIpc) is 2.83. The van der Waals surface area contributed by atoms with Gasteiger partial charge in [0.25, 0.3) is 5.91 Å². The first-order valence-electron chi connectivity index (χ1n) is 11.2. The van der Waals surface area contributed by atoms with Gasteiger partial charge in [0, 0.05) is 32.6 Å². The van der Waals surface area contributed by atoms with Crippen LogP contribution in [-0.4, -0.2) is 55.7 Å². The molecule has 4 rings (SSSR count). The van der Waals surface area contributed by atoms with Crippen molar-refractivity contribution in [3.8, 4) is 5.75 Å². The van der Waals surface area contributed by atoms with Crippen LogP contribution in [0.25, 0.3) is 0 Å². The summed E-state index contributed by atoms with van der Waals surface area (Å²) < 4.78 is 33.5. The molecule has 2 aromatic rings. The second kappa shape index (κ2) is 9.52. The van der Waals surface area contributed by atoms with E-state index in [1.807, 2.05) is 37.3 Å². The molecule has 0 radical (unpaired) electrons. The zero-order chi connectivity index (χ0) is 23.6. The zero-order valence-corrected chi connectivity index (χ0v) is 19.7. The fourth-order valence-electron chi connectivity index (χ4n) is 4.30. The van der Waals surface area contributed by atoms with Crippen molar-refractivity contribution in [1.29, 1.82) is 0 Å². The summed E-state index contributed by atoms with van der Waals surface area (Å²) in [7, 11) is -1.97. The predicted octanol–water partition coefficient (Wildman–Crippen LogP) is 2.86. The Kier molecular flexibility index (Phi) is 6.71. The van der Waals surface area contributed by atoms with E-state index in [9.17, 15) is 18.0 Å². The maximum atomic E-state index is 13.2. The van der Waals surface area contributed by atoms with Crippen LogP contribution < -0.4 is 10.1 Å². The number of hydrogen-bond donors (Lipinski definition) is 1. The molecule has 2 amide bonds.